The molecule has 4 aromatic rings. The summed E-state index contributed by atoms with van der Waals surface area (Å²) in [6.07, 6.45) is -4.59. The maximum atomic E-state index is 13.2. The van der Waals surface area contributed by atoms with Gasteiger partial charge in [-0.1, -0.05) is 42.5 Å². The molecule has 2 fully saturated rings. The maximum absolute atomic E-state index is 13.2. The number of piperidine rings is 1. The van der Waals surface area contributed by atoms with Crippen LogP contribution in [0.5, 0.6) is 11.5 Å². The molecule has 1 aromatic heterocycles. The summed E-state index contributed by atoms with van der Waals surface area (Å²) >= 11 is 0. The second-order valence-corrected chi connectivity index (χ2v) is 15.9. The molecular formula is C38H44F6N6O4S. The van der Waals surface area contributed by atoms with E-state index < -0.39 is 52.0 Å². The van der Waals surface area contributed by atoms with Gasteiger partial charge in [0.2, 0.25) is 16.0 Å². The standard InChI is InChI=1S/C38H44F6N6O4S/c39-37(40,41)24-53-30-14-15-33(54-25-38(42,43)44)34(20-30)55(51,52)46-22-27-12-10-26(11-13-27)21-45-36-48-32-9-5-4-8-31(32)35(49-36)47-29-16-18-50(19-17-29)23-28-6-2-1-3-7-28/h1-9,14-15,20,26-27,29,46H,10-13,16-19,21-25H2,(H2,45,47,48,49). The highest BCUT2D eigenvalue weighted by atomic mass is 32.2. The van der Waals surface area contributed by atoms with Crippen molar-refractivity contribution in [3.63, 3.8) is 0 Å². The zero-order chi connectivity index (χ0) is 39.1. The molecular weight excluding hydrogens is 751 g/mol. The molecule has 1 aliphatic carbocycles. The van der Waals surface area contributed by atoms with Crippen LogP contribution in [-0.2, 0) is 16.6 Å². The van der Waals surface area contributed by atoms with Gasteiger partial charge in [0.15, 0.2) is 13.2 Å². The summed E-state index contributed by atoms with van der Waals surface area (Å²) in [5, 5.41) is 8.03. The number of fused-ring (bicyclic) bond motifs is 1. The van der Waals surface area contributed by atoms with Crippen LogP contribution in [0.15, 0.2) is 77.7 Å². The number of rotatable bonds is 15. The first-order valence-electron chi connectivity index (χ1n) is 18.3. The Balaban J connectivity index is 1.01. The van der Waals surface area contributed by atoms with Crippen LogP contribution in [-0.4, -0.2) is 81.1 Å². The lowest BCUT2D eigenvalue weighted by molar-refractivity contribution is -0.154. The Labute approximate surface area is 316 Å². The smallest absolute Gasteiger partial charge is 0.422 e. The van der Waals surface area contributed by atoms with E-state index in [4.69, 9.17) is 14.7 Å². The summed E-state index contributed by atoms with van der Waals surface area (Å²) in [5.74, 6) is 0.360. The molecule has 2 heterocycles. The van der Waals surface area contributed by atoms with Crippen molar-refractivity contribution < 1.29 is 44.2 Å². The summed E-state index contributed by atoms with van der Waals surface area (Å²) in [7, 11) is -4.48. The van der Waals surface area contributed by atoms with Crippen molar-refractivity contribution in [2.75, 3.05) is 50.0 Å². The predicted octanol–water partition coefficient (Wildman–Crippen LogP) is 7.79. The number of anilines is 2. The van der Waals surface area contributed by atoms with Gasteiger partial charge in [0.05, 0.1) is 5.52 Å². The van der Waals surface area contributed by atoms with E-state index in [0.29, 0.717) is 25.3 Å². The molecule has 0 atom stereocenters. The molecule has 2 aliphatic rings. The van der Waals surface area contributed by atoms with Gasteiger partial charge in [0.1, 0.15) is 22.2 Å². The minimum Gasteiger partial charge on any atom is -0.484 e. The average molecular weight is 795 g/mol. The number of nitrogens with zero attached hydrogens (tertiary/aromatic N) is 3. The van der Waals surface area contributed by atoms with Gasteiger partial charge >= 0.3 is 12.4 Å². The Hall–Kier alpha value is -4.35. The molecule has 17 heteroatoms. The highest BCUT2D eigenvalue weighted by molar-refractivity contribution is 7.89. The number of hydrogen-bond donors (Lipinski definition) is 3. The number of aromatic nitrogens is 2. The first-order chi connectivity index (χ1) is 26.2. The van der Waals surface area contributed by atoms with Gasteiger partial charge in [-0.3, -0.25) is 4.90 Å². The molecule has 3 N–H and O–H groups in total. The molecule has 298 valence electrons. The minimum atomic E-state index is -4.77. The van der Waals surface area contributed by atoms with E-state index in [1.165, 1.54) is 5.56 Å². The van der Waals surface area contributed by atoms with Crippen molar-refractivity contribution in [3.05, 3.63) is 78.4 Å². The summed E-state index contributed by atoms with van der Waals surface area (Å²) in [4.78, 5) is 11.3. The number of alkyl halides is 6. The number of para-hydroxylation sites is 1. The fraction of sp³-hybridized carbons (Fsp3) is 0.474. The average Bonchev–Trinajstić information content (AvgIpc) is 3.16. The second-order valence-electron chi connectivity index (χ2n) is 14.1. The van der Waals surface area contributed by atoms with Crippen LogP contribution >= 0.6 is 0 Å². The Kier molecular flexibility index (Phi) is 12.9. The van der Waals surface area contributed by atoms with Gasteiger partial charge in [0, 0.05) is 50.2 Å². The Morgan fingerprint density at radius 1 is 0.745 bits per heavy atom. The van der Waals surface area contributed by atoms with E-state index >= 15 is 0 Å². The quantitative estimate of drug-likeness (QED) is 0.104. The van der Waals surface area contributed by atoms with Crippen LogP contribution in [0.25, 0.3) is 10.9 Å². The lowest BCUT2D eigenvalue weighted by atomic mass is 9.82. The third-order valence-electron chi connectivity index (χ3n) is 9.86. The van der Waals surface area contributed by atoms with Gasteiger partial charge in [0.25, 0.3) is 0 Å². The Morgan fingerprint density at radius 2 is 1.38 bits per heavy atom. The van der Waals surface area contributed by atoms with E-state index in [9.17, 15) is 34.8 Å². The summed E-state index contributed by atoms with van der Waals surface area (Å²) in [6.45, 7) is 0.00296. The normalized spacial score (nSPS) is 18.9. The highest BCUT2D eigenvalue weighted by Crippen LogP contribution is 2.33. The van der Waals surface area contributed by atoms with Gasteiger partial charge in [-0.25, -0.2) is 18.1 Å². The Morgan fingerprint density at radius 3 is 2.07 bits per heavy atom. The number of ether oxygens (including phenoxy) is 2. The van der Waals surface area contributed by atoms with Crippen LogP contribution < -0.4 is 24.8 Å². The molecule has 0 unspecified atom stereocenters. The zero-order valence-electron chi connectivity index (χ0n) is 30.0. The zero-order valence-corrected chi connectivity index (χ0v) is 30.8. The molecule has 1 aliphatic heterocycles. The minimum absolute atomic E-state index is 0.0111. The largest absolute Gasteiger partial charge is 0.484 e. The van der Waals surface area contributed by atoms with Crippen molar-refractivity contribution in [2.24, 2.45) is 11.8 Å². The molecule has 10 nitrogen and oxygen atoms in total. The highest BCUT2D eigenvalue weighted by Gasteiger charge is 2.32. The molecule has 0 amide bonds. The first kappa shape index (κ1) is 40.3. The number of sulfonamides is 1. The van der Waals surface area contributed by atoms with E-state index in [-0.39, 0.29) is 24.4 Å². The van der Waals surface area contributed by atoms with Crippen LogP contribution in [0.2, 0.25) is 0 Å². The van der Waals surface area contributed by atoms with Gasteiger partial charge in [-0.2, -0.15) is 31.3 Å². The molecule has 0 radical (unpaired) electrons. The van der Waals surface area contributed by atoms with E-state index in [0.717, 1.165) is 80.2 Å². The fourth-order valence-electron chi connectivity index (χ4n) is 6.95. The topological polar surface area (TPSA) is 118 Å². The monoisotopic (exact) mass is 794 g/mol. The molecule has 1 saturated heterocycles. The fourth-order valence-corrected chi connectivity index (χ4v) is 8.22. The van der Waals surface area contributed by atoms with Gasteiger partial charge in [-0.05, 0) is 80.2 Å². The molecule has 3 aromatic carbocycles. The summed E-state index contributed by atoms with van der Waals surface area (Å²) in [5.41, 5.74) is 2.13. The lowest BCUT2D eigenvalue weighted by Gasteiger charge is -2.33. The van der Waals surface area contributed by atoms with Crippen molar-refractivity contribution in [3.8, 4) is 11.5 Å². The number of halogens is 6. The van der Waals surface area contributed by atoms with Crippen LogP contribution in [0.4, 0.5) is 38.1 Å². The van der Waals surface area contributed by atoms with Crippen LogP contribution in [0, 0.1) is 11.8 Å². The second kappa shape index (κ2) is 17.6. The summed E-state index contributed by atoms with van der Waals surface area (Å²) in [6, 6.07) is 21.1. The van der Waals surface area contributed by atoms with Gasteiger partial charge in [-0.15, -0.1) is 0 Å². The van der Waals surface area contributed by atoms with Crippen molar-refractivity contribution in [2.45, 2.75) is 68.4 Å². The molecule has 6 rings (SSSR count). The maximum Gasteiger partial charge on any atom is 0.422 e. The Bertz CT molecular complexity index is 1970. The number of benzene rings is 3. The first-order valence-corrected chi connectivity index (χ1v) is 19.7. The van der Waals surface area contributed by atoms with Crippen LogP contribution in [0.3, 0.4) is 0 Å². The van der Waals surface area contributed by atoms with E-state index in [1.807, 2.05) is 30.3 Å². The SMILES string of the molecule is O=S(=O)(NCC1CCC(CNc2nc(NC3CCN(Cc4ccccc4)CC3)c3ccccc3n2)CC1)c1cc(OCC(F)(F)F)ccc1OCC(F)(F)F. The number of nitrogens with one attached hydrogen (secondary N) is 3. The molecule has 1 saturated carbocycles. The third-order valence-corrected chi connectivity index (χ3v) is 11.3. The lowest BCUT2D eigenvalue weighted by Crippen LogP contribution is -2.38. The molecule has 0 bridgehead atoms. The van der Waals surface area contributed by atoms with Crippen molar-refractivity contribution in [1.82, 2.24) is 19.6 Å². The van der Waals surface area contributed by atoms with Crippen molar-refractivity contribution >= 4 is 32.7 Å². The van der Waals surface area contributed by atoms with Crippen LogP contribution in [0.1, 0.15) is 44.1 Å². The van der Waals surface area contributed by atoms with E-state index in [2.05, 4.69) is 49.3 Å². The third kappa shape index (κ3) is 12.1. The predicted molar refractivity (Wildman–Crippen MR) is 197 cm³/mol. The number of likely N-dealkylation sites (tertiary alicyclic amines) is 1. The van der Waals surface area contributed by atoms with E-state index in [1.54, 1.807) is 0 Å². The van der Waals surface area contributed by atoms with Gasteiger partial charge < -0.3 is 20.1 Å². The summed E-state index contributed by atoms with van der Waals surface area (Å²) < 4.78 is 115. The van der Waals surface area contributed by atoms with Crippen molar-refractivity contribution in [1.29, 1.82) is 0 Å². The molecule has 0 spiro atoms. The molecule has 55 heavy (non-hydrogen) atoms. The number of hydrogen-bond acceptors (Lipinski definition) is 9.